The van der Waals surface area contributed by atoms with Crippen molar-refractivity contribution in [3.05, 3.63) is 59.2 Å². The van der Waals surface area contributed by atoms with Crippen molar-refractivity contribution in [1.29, 1.82) is 0 Å². The number of nitrogens with one attached hydrogen (secondary N) is 1. The van der Waals surface area contributed by atoms with E-state index in [1.165, 1.54) is 11.4 Å². The van der Waals surface area contributed by atoms with Crippen LogP contribution in [0.2, 0.25) is 0 Å². The van der Waals surface area contributed by atoms with E-state index in [-0.39, 0.29) is 16.8 Å². The van der Waals surface area contributed by atoms with Crippen molar-refractivity contribution in [2.45, 2.75) is 45.1 Å². The minimum absolute atomic E-state index is 0.0899. The fraction of sp³-hybridized carbons (Fsp3) is 0.350. The zero-order chi connectivity index (χ0) is 19.5. The molecule has 0 spiro atoms. The molecule has 2 rings (SSSR count). The minimum atomic E-state index is -3.65. The van der Waals surface area contributed by atoms with E-state index in [1.807, 2.05) is 20.8 Å². The first-order valence-electron chi connectivity index (χ1n) is 8.64. The Kier molecular flexibility index (Phi) is 6.08. The molecule has 0 aliphatic rings. The maximum Gasteiger partial charge on any atom is 0.264 e. The van der Waals surface area contributed by atoms with E-state index < -0.39 is 10.0 Å². The van der Waals surface area contributed by atoms with Gasteiger partial charge in [-0.2, -0.15) is 0 Å². The third-order valence-electron chi connectivity index (χ3n) is 4.47. The number of aryl methyl sites for hydroxylation is 2. The molecule has 140 valence electrons. The molecular formula is C20H26N2O3S. The molecule has 2 aromatic carbocycles. The average Bonchev–Trinajstić information content (AvgIpc) is 2.61. The second-order valence-corrected chi connectivity index (χ2v) is 8.54. The Morgan fingerprint density at radius 2 is 1.73 bits per heavy atom. The molecule has 6 heteroatoms. The lowest BCUT2D eigenvalue weighted by molar-refractivity contribution is 0.0939. The van der Waals surface area contributed by atoms with Gasteiger partial charge in [0.2, 0.25) is 0 Å². The first-order valence-corrected chi connectivity index (χ1v) is 10.1. The second kappa shape index (κ2) is 7.91. The molecular weight excluding hydrogens is 348 g/mol. The summed E-state index contributed by atoms with van der Waals surface area (Å²) in [5, 5.41) is 2.91. The van der Waals surface area contributed by atoms with Gasteiger partial charge in [-0.05, 0) is 63.1 Å². The van der Waals surface area contributed by atoms with Gasteiger partial charge in [-0.15, -0.1) is 0 Å². The molecule has 26 heavy (non-hydrogen) atoms. The van der Waals surface area contributed by atoms with Crippen LogP contribution in [0.15, 0.2) is 47.4 Å². The number of amides is 1. The smallest absolute Gasteiger partial charge is 0.264 e. The molecule has 1 amide bonds. The highest BCUT2D eigenvalue weighted by Crippen LogP contribution is 2.26. The third kappa shape index (κ3) is 4.25. The largest absolute Gasteiger partial charge is 0.350 e. The van der Waals surface area contributed by atoms with Gasteiger partial charge in [0.1, 0.15) is 0 Å². The number of rotatable bonds is 6. The van der Waals surface area contributed by atoms with Gasteiger partial charge < -0.3 is 5.32 Å². The number of hydrogen-bond acceptors (Lipinski definition) is 3. The van der Waals surface area contributed by atoms with E-state index in [2.05, 4.69) is 5.32 Å². The molecule has 0 heterocycles. The van der Waals surface area contributed by atoms with Crippen LogP contribution in [0.5, 0.6) is 0 Å². The molecule has 0 saturated carbocycles. The summed E-state index contributed by atoms with van der Waals surface area (Å²) >= 11 is 0. The standard InChI is InChI=1S/C20H26N2O3S/c1-6-16(4)21-20(23)17-9-12-19(15(3)13-17)22(5)26(24,25)18-10-7-14(2)8-11-18/h7-13,16H,6H2,1-5H3,(H,21,23)/t16-/m0/s1. The molecule has 1 atom stereocenters. The summed E-state index contributed by atoms with van der Waals surface area (Å²) in [4.78, 5) is 12.5. The SMILES string of the molecule is CC[C@H](C)NC(=O)c1ccc(N(C)S(=O)(=O)c2ccc(C)cc2)c(C)c1. The van der Waals surface area contributed by atoms with Crippen LogP contribution in [0.1, 0.15) is 41.8 Å². The summed E-state index contributed by atoms with van der Waals surface area (Å²) in [6, 6.07) is 11.9. The third-order valence-corrected chi connectivity index (χ3v) is 6.25. The fourth-order valence-corrected chi connectivity index (χ4v) is 3.82. The molecule has 1 N–H and O–H groups in total. The highest BCUT2D eigenvalue weighted by molar-refractivity contribution is 7.92. The van der Waals surface area contributed by atoms with Crippen molar-refractivity contribution in [3.63, 3.8) is 0 Å². The summed E-state index contributed by atoms with van der Waals surface area (Å²) in [6.07, 6.45) is 0.848. The van der Waals surface area contributed by atoms with Crippen molar-refractivity contribution in [2.75, 3.05) is 11.4 Å². The molecule has 0 fully saturated rings. The van der Waals surface area contributed by atoms with Gasteiger partial charge in [0.15, 0.2) is 0 Å². The number of anilines is 1. The predicted octanol–water partition coefficient (Wildman–Crippen LogP) is 3.66. The Hall–Kier alpha value is -2.34. The summed E-state index contributed by atoms with van der Waals surface area (Å²) in [7, 11) is -2.13. The van der Waals surface area contributed by atoms with Crippen LogP contribution in [0, 0.1) is 13.8 Å². The van der Waals surface area contributed by atoms with Crippen LogP contribution >= 0.6 is 0 Å². The van der Waals surface area contributed by atoms with Crippen LogP contribution in [-0.4, -0.2) is 27.4 Å². The number of benzene rings is 2. The number of carbonyl (C=O) groups is 1. The lowest BCUT2D eigenvalue weighted by atomic mass is 10.1. The predicted molar refractivity (Wildman–Crippen MR) is 105 cm³/mol. The lowest BCUT2D eigenvalue weighted by Gasteiger charge is -2.22. The first kappa shape index (κ1) is 20.0. The Labute approximate surface area is 156 Å². The Balaban J connectivity index is 2.31. The molecule has 0 saturated heterocycles. The van der Waals surface area contributed by atoms with Gasteiger partial charge in [-0.3, -0.25) is 9.10 Å². The van der Waals surface area contributed by atoms with Gasteiger partial charge in [-0.25, -0.2) is 8.42 Å². The van der Waals surface area contributed by atoms with E-state index in [4.69, 9.17) is 0 Å². The van der Waals surface area contributed by atoms with Crippen molar-refractivity contribution in [1.82, 2.24) is 5.32 Å². The van der Waals surface area contributed by atoms with E-state index >= 15 is 0 Å². The fourth-order valence-electron chi connectivity index (χ4n) is 2.56. The summed E-state index contributed by atoms with van der Waals surface area (Å²) in [5.41, 5.74) is 2.79. The zero-order valence-electron chi connectivity index (χ0n) is 15.9. The van der Waals surface area contributed by atoms with E-state index in [0.29, 0.717) is 11.3 Å². The van der Waals surface area contributed by atoms with E-state index in [1.54, 1.807) is 49.4 Å². The molecule has 5 nitrogen and oxygen atoms in total. The van der Waals surface area contributed by atoms with Gasteiger partial charge in [-0.1, -0.05) is 24.6 Å². The summed E-state index contributed by atoms with van der Waals surface area (Å²) in [5.74, 6) is -0.155. The van der Waals surface area contributed by atoms with Crippen molar-refractivity contribution in [2.24, 2.45) is 0 Å². The number of nitrogens with zero attached hydrogens (tertiary/aromatic N) is 1. The quantitative estimate of drug-likeness (QED) is 0.839. The zero-order valence-corrected chi connectivity index (χ0v) is 16.7. The topological polar surface area (TPSA) is 66.5 Å². The molecule has 0 bridgehead atoms. The first-order chi connectivity index (χ1) is 12.2. The minimum Gasteiger partial charge on any atom is -0.350 e. The molecule has 0 aliphatic carbocycles. The van der Waals surface area contributed by atoms with E-state index in [0.717, 1.165) is 17.5 Å². The van der Waals surface area contributed by atoms with Gasteiger partial charge in [0.05, 0.1) is 10.6 Å². The maximum atomic E-state index is 12.8. The van der Waals surface area contributed by atoms with Crippen molar-refractivity contribution in [3.8, 4) is 0 Å². The van der Waals surface area contributed by atoms with Crippen LogP contribution in [0.4, 0.5) is 5.69 Å². The van der Waals surface area contributed by atoms with Gasteiger partial charge >= 0.3 is 0 Å². The Bertz CT molecular complexity index is 890. The normalized spacial score (nSPS) is 12.5. The molecule has 0 unspecified atom stereocenters. The molecule has 0 radical (unpaired) electrons. The summed E-state index contributed by atoms with van der Waals surface area (Å²) < 4.78 is 26.9. The number of sulfonamides is 1. The Morgan fingerprint density at radius 3 is 2.27 bits per heavy atom. The van der Waals surface area contributed by atoms with Crippen molar-refractivity contribution < 1.29 is 13.2 Å². The highest BCUT2D eigenvalue weighted by atomic mass is 32.2. The van der Waals surface area contributed by atoms with Crippen molar-refractivity contribution >= 4 is 21.6 Å². The van der Waals surface area contributed by atoms with Crippen LogP contribution in [-0.2, 0) is 10.0 Å². The van der Waals surface area contributed by atoms with Crippen LogP contribution in [0.25, 0.3) is 0 Å². The lowest BCUT2D eigenvalue weighted by Crippen LogP contribution is -2.32. The highest BCUT2D eigenvalue weighted by Gasteiger charge is 2.23. The second-order valence-electron chi connectivity index (χ2n) is 6.57. The number of carbonyl (C=O) groups excluding carboxylic acids is 1. The van der Waals surface area contributed by atoms with Crippen LogP contribution in [0.3, 0.4) is 0 Å². The van der Waals surface area contributed by atoms with Gasteiger partial charge in [0, 0.05) is 18.7 Å². The molecule has 0 aromatic heterocycles. The molecule has 2 aromatic rings. The summed E-state index contributed by atoms with van der Waals surface area (Å²) in [6.45, 7) is 7.66. The van der Waals surface area contributed by atoms with E-state index in [9.17, 15) is 13.2 Å². The monoisotopic (exact) mass is 374 g/mol. The van der Waals surface area contributed by atoms with Crippen LogP contribution < -0.4 is 9.62 Å². The number of hydrogen-bond donors (Lipinski definition) is 1. The van der Waals surface area contributed by atoms with Gasteiger partial charge in [0.25, 0.3) is 15.9 Å². The average molecular weight is 375 g/mol. The Morgan fingerprint density at radius 1 is 1.12 bits per heavy atom. The molecule has 0 aliphatic heterocycles. The maximum absolute atomic E-state index is 12.8.